The Kier molecular flexibility index (Phi) is 10.8. The summed E-state index contributed by atoms with van der Waals surface area (Å²) in [5, 5.41) is 84.9. The maximum absolute atomic E-state index is 13.1. The van der Waals surface area contributed by atoms with E-state index in [1.54, 1.807) is 6.92 Å². The van der Waals surface area contributed by atoms with Gasteiger partial charge in [-0.3, -0.25) is 9.59 Å². The van der Waals surface area contributed by atoms with Gasteiger partial charge in [0.1, 0.15) is 42.7 Å². The average molecular weight is 795 g/mol. The highest BCUT2D eigenvalue weighted by molar-refractivity contribution is 5.79. The summed E-state index contributed by atoms with van der Waals surface area (Å²) in [5.41, 5.74) is -1.75. The zero-order valence-corrected chi connectivity index (χ0v) is 34.0. The third-order valence-electron chi connectivity index (χ3n) is 17.5. The van der Waals surface area contributed by atoms with E-state index in [0.717, 1.165) is 37.7 Å². The molecule has 0 amide bonds. The monoisotopic (exact) mass is 794 g/mol. The molecular weight excluding hydrogens is 728 g/mol. The van der Waals surface area contributed by atoms with Crippen LogP contribution in [0.3, 0.4) is 0 Å². The third-order valence-corrected chi connectivity index (χ3v) is 17.5. The van der Waals surface area contributed by atoms with E-state index in [-0.39, 0.29) is 40.1 Å². The lowest BCUT2D eigenvalue weighted by atomic mass is 9.33. The molecule has 0 spiro atoms. The molecule has 8 N–H and O–H groups in total. The molecule has 4 saturated carbocycles. The summed E-state index contributed by atoms with van der Waals surface area (Å²) in [6, 6.07) is 0. The van der Waals surface area contributed by atoms with E-state index in [0.29, 0.717) is 32.1 Å². The quantitative estimate of drug-likeness (QED) is 0.137. The normalized spacial score (nSPS) is 54.1. The Balaban J connectivity index is 1.13. The lowest BCUT2D eigenvalue weighted by Gasteiger charge is -2.71. The number of rotatable bonds is 7. The molecule has 19 unspecified atom stereocenters. The van der Waals surface area contributed by atoms with Crippen molar-refractivity contribution in [2.75, 3.05) is 6.61 Å². The van der Waals surface area contributed by atoms with Crippen molar-refractivity contribution in [2.45, 2.75) is 180 Å². The molecular formula is C42H66O14. The third kappa shape index (κ3) is 6.01. The lowest BCUT2D eigenvalue weighted by molar-refractivity contribution is -0.367. The van der Waals surface area contributed by atoms with Crippen LogP contribution in [0.2, 0.25) is 0 Å². The number of hydrogen-bond donors (Lipinski definition) is 8. The molecule has 14 nitrogen and oxygen atoms in total. The van der Waals surface area contributed by atoms with Gasteiger partial charge in [-0.2, -0.15) is 0 Å². The zero-order valence-electron chi connectivity index (χ0n) is 34.0. The molecule has 0 radical (unpaired) electrons. The van der Waals surface area contributed by atoms with Gasteiger partial charge in [-0.15, -0.1) is 0 Å². The van der Waals surface area contributed by atoms with Gasteiger partial charge >= 0.3 is 11.9 Å². The van der Waals surface area contributed by atoms with Gasteiger partial charge < -0.3 is 59.8 Å². The first-order chi connectivity index (χ1) is 26.0. The highest BCUT2D eigenvalue weighted by Gasteiger charge is 2.70. The van der Waals surface area contributed by atoms with Crippen LogP contribution in [0.15, 0.2) is 11.6 Å². The summed E-state index contributed by atoms with van der Waals surface area (Å²) < 4.78 is 24.1. The first-order valence-corrected chi connectivity index (χ1v) is 20.8. The zero-order chi connectivity index (χ0) is 41.1. The number of ether oxygens (including phenoxy) is 4. The molecule has 2 aliphatic heterocycles. The van der Waals surface area contributed by atoms with Gasteiger partial charge in [0.25, 0.3) is 0 Å². The fourth-order valence-corrected chi connectivity index (χ4v) is 13.6. The van der Waals surface area contributed by atoms with E-state index in [4.69, 9.17) is 18.9 Å². The number of aliphatic hydroxyl groups is 6. The molecule has 56 heavy (non-hydrogen) atoms. The maximum atomic E-state index is 13.1. The van der Waals surface area contributed by atoms with Crippen LogP contribution in [0.1, 0.15) is 113 Å². The standard InChI is InChI=1S/C42H66O14/c1-20-27(44)29(46)30(47)33(53-20)56-32-28(45)23(19-43)54-34(31(32)48)55-26-11-12-39(5)24(37(26,2)3)10-13-41(7)25(39)9-8-21-22-18-38(4,35(49)50)14-16-42(22,36(51)52)17-15-40(21,41)6/h8,20,22-34,43-48H,9-19H2,1-7H3,(H,49,50)(H,51,52). The Labute approximate surface area is 329 Å². The number of carbonyl (C=O) groups is 2. The lowest BCUT2D eigenvalue weighted by Crippen LogP contribution is -2.66. The molecule has 0 aromatic rings. The van der Waals surface area contributed by atoms with Crippen LogP contribution in [0.4, 0.5) is 0 Å². The van der Waals surface area contributed by atoms with Gasteiger partial charge in [0.2, 0.25) is 0 Å². The number of aliphatic hydroxyl groups excluding tert-OH is 6. The van der Waals surface area contributed by atoms with Crippen molar-refractivity contribution in [2.24, 2.45) is 50.2 Å². The highest BCUT2D eigenvalue weighted by atomic mass is 16.7. The second-order valence-corrected chi connectivity index (χ2v) is 20.4. The fraction of sp³-hybridized carbons (Fsp3) is 0.905. The first kappa shape index (κ1) is 42.4. The topological polar surface area (TPSA) is 233 Å². The van der Waals surface area contributed by atoms with Gasteiger partial charge in [-0.05, 0) is 117 Å². The SMILES string of the molecule is CC1OC(OC2C(O)C(CO)OC(OC3CCC4(C)C(CCC5(C)C4CC=C4C6CC(C)(C(=O)O)CCC6(C(=O)O)CCC45C)C3(C)C)C2O)C(O)C(O)C1O. The number of carboxylic acids is 2. The molecule has 5 aliphatic carbocycles. The largest absolute Gasteiger partial charge is 0.481 e. The van der Waals surface area contributed by atoms with E-state index >= 15 is 0 Å². The van der Waals surface area contributed by atoms with Crippen LogP contribution in [0, 0.1) is 50.2 Å². The molecule has 14 heteroatoms. The molecule has 19 atom stereocenters. The predicted octanol–water partition coefficient (Wildman–Crippen LogP) is 2.97. The number of aliphatic carboxylic acids is 2. The summed E-state index contributed by atoms with van der Waals surface area (Å²) in [5.74, 6) is -1.52. The van der Waals surface area contributed by atoms with Crippen LogP contribution >= 0.6 is 0 Å². The van der Waals surface area contributed by atoms with E-state index in [9.17, 15) is 50.4 Å². The maximum Gasteiger partial charge on any atom is 0.310 e. The van der Waals surface area contributed by atoms with Gasteiger partial charge in [0, 0.05) is 0 Å². The van der Waals surface area contributed by atoms with E-state index in [1.165, 1.54) is 6.92 Å². The Morgan fingerprint density at radius 2 is 1.41 bits per heavy atom. The van der Waals surface area contributed by atoms with Crippen LogP contribution in [0.5, 0.6) is 0 Å². The van der Waals surface area contributed by atoms with E-state index < -0.39 is 96.2 Å². The summed E-state index contributed by atoms with van der Waals surface area (Å²) in [7, 11) is 0. The van der Waals surface area contributed by atoms with Crippen molar-refractivity contribution in [3.63, 3.8) is 0 Å². The van der Waals surface area contributed by atoms with Crippen molar-refractivity contribution >= 4 is 11.9 Å². The molecule has 2 heterocycles. The minimum atomic E-state index is -1.67. The number of fused-ring (bicyclic) bond motifs is 7. The Hall–Kier alpha value is -1.72. The number of carboxylic acid groups (broad SMARTS) is 2. The molecule has 2 saturated heterocycles. The molecule has 0 aromatic carbocycles. The van der Waals surface area contributed by atoms with Gasteiger partial charge in [0.15, 0.2) is 12.6 Å². The van der Waals surface area contributed by atoms with Crippen molar-refractivity contribution in [3.8, 4) is 0 Å². The minimum absolute atomic E-state index is 0.122. The highest BCUT2D eigenvalue weighted by Crippen LogP contribution is 2.76. The second kappa shape index (κ2) is 14.2. The van der Waals surface area contributed by atoms with Gasteiger partial charge in [-0.1, -0.05) is 46.3 Å². The second-order valence-electron chi connectivity index (χ2n) is 20.4. The number of allylic oxidation sites excluding steroid dienone is 2. The molecule has 7 aliphatic rings. The molecule has 0 bridgehead atoms. The van der Waals surface area contributed by atoms with E-state index in [1.807, 2.05) is 0 Å². The van der Waals surface area contributed by atoms with Gasteiger partial charge in [-0.25, -0.2) is 0 Å². The Bertz CT molecular complexity index is 1570. The molecule has 7 rings (SSSR count). The summed E-state index contributed by atoms with van der Waals surface area (Å²) in [6.07, 6.45) is -5.74. The molecule has 0 aromatic heterocycles. The molecule has 318 valence electrons. The Morgan fingerprint density at radius 1 is 0.750 bits per heavy atom. The summed E-state index contributed by atoms with van der Waals surface area (Å²) in [4.78, 5) is 25.6. The minimum Gasteiger partial charge on any atom is -0.481 e. The van der Waals surface area contributed by atoms with Crippen LogP contribution < -0.4 is 0 Å². The number of hydrogen-bond acceptors (Lipinski definition) is 12. The Morgan fingerprint density at radius 3 is 2.05 bits per heavy atom. The van der Waals surface area contributed by atoms with Crippen LogP contribution in [-0.2, 0) is 28.5 Å². The summed E-state index contributed by atoms with van der Waals surface area (Å²) >= 11 is 0. The summed E-state index contributed by atoms with van der Waals surface area (Å²) in [6.45, 7) is 14.2. The fourth-order valence-electron chi connectivity index (χ4n) is 13.6. The van der Waals surface area contributed by atoms with Crippen LogP contribution in [0.25, 0.3) is 0 Å². The van der Waals surface area contributed by atoms with Crippen molar-refractivity contribution in [1.29, 1.82) is 0 Å². The smallest absolute Gasteiger partial charge is 0.310 e. The first-order valence-electron chi connectivity index (χ1n) is 20.8. The van der Waals surface area contributed by atoms with Crippen molar-refractivity contribution in [1.82, 2.24) is 0 Å². The van der Waals surface area contributed by atoms with Crippen molar-refractivity contribution in [3.05, 3.63) is 11.6 Å². The van der Waals surface area contributed by atoms with Crippen molar-refractivity contribution < 1.29 is 69.4 Å². The molecule has 6 fully saturated rings. The average Bonchev–Trinajstić information content (AvgIpc) is 3.13. The predicted molar refractivity (Wildman–Crippen MR) is 198 cm³/mol. The van der Waals surface area contributed by atoms with Gasteiger partial charge in [0.05, 0.1) is 29.6 Å². The van der Waals surface area contributed by atoms with Crippen LogP contribution in [-0.4, -0.2) is 127 Å². The van der Waals surface area contributed by atoms with E-state index in [2.05, 4.69) is 40.7 Å².